The van der Waals surface area contributed by atoms with Gasteiger partial charge in [-0.05, 0) is 13.3 Å². The van der Waals surface area contributed by atoms with Crippen LogP contribution in [-0.2, 0) is 0 Å². The quantitative estimate of drug-likeness (QED) is 0.890. The Bertz CT molecular complexity index is 721. The number of nitrogens with one attached hydrogen (secondary N) is 1. The fourth-order valence-corrected chi connectivity index (χ4v) is 3.45. The summed E-state index contributed by atoms with van der Waals surface area (Å²) in [5, 5.41) is 21.3. The fourth-order valence-electron chi connectivity index (χ4n) is 2.55. The normalized spacial score (nSPS) is 16.5. The second-order valence-electron chi connectivity index (χ2n) is 5.46. The average molecular weight is 313 g/mol. The molecule has 0 saturated carbocycles. The van der Waals surface area contributed by atoms with Gasteiger partial charge in [0.25, 0.3) is 0 Å². The van der Waals surface area contributed by atoms with E-state index in [4.69, 9.17) is 5.41 Å². The van der Waals surface area contributed by atoms with Gasteiger partial charge in [-0.1, -0.05) is 37.3 Å². The van der Waals surface area contributed by atoms with Crippen LogP contribution in [0.5, 0.6) is 0 Å². The lowest BCUT2D eigenvalue weighted by molar-refractivity contribution is 0.301. The van der Waals surface area contributed by atoms with E-state index in [9.17, 15) is 5.11 Å². The van der Waals surface area contributed by atoms with Crippen LogP contribution in [0, 0.1) is 5.41 Å². The predicted molar refractivity (Wildman–Crippen MR) is 91.3 cm³/mol. The smallest absolute Gasteiger partial charge is 0.135 e. The van der Waals surface area contributed by atoms with Crippen LogP contribution in [-0.4, -0.2) is 33.4 Å². The molecule has 1 unspecified atom stereocenters. The topological polar surface area (TPSA) is 60.2 Å². The van der Waals surface area contributed by atoms with Crippen molar-refractivity contribution in [2.24, 2.45) is 0 Å². The van der Waals surface area contributed by atoms with Gasteiger partial charge in [0.2, 0.25) is 0 Å². The summed E-state index contributed by atoms with van der Waals surface area (Å²) in [5.41, 5.74) is 2.51. The Morgan fingerprint density at radius 2 is 2.09 bits per heavy atom. The van der Waals surface area contributed by atoms with Crippen LogP contribution < -0.4 is 0 Å². The summed E-state index contributed by atoms with van der Waals surface area (Å²) < 4.78 is 0. The zero-order chi connectivity index (χ0) is 15.7. The number of benzene rings is 1. The maximum atomic E-state index is 10.3. The first-order valence-corrected chi connectivity index (χ1v) is 8.28. The van der Waals surface area contributed by atoms with E-state index in [0.717, 1.165) is 17.7 Å². The number of aliphatic hydroxyl groups is 1. The Balaban J connectivity index is 1.91. The zero-order valence-corrected chi connectivity index (χ0v) is 13.5. The lowest BCUT2D eigenvalue weighted by Crippen LogP contribution is -2.34. The molecule has 22 heavy (non-hydrogen) atoms. The molecule has 114 valence electrons. The Labute approximate surface area is 134 Å². The van der Waals surface area contributed by atoms with E-state index in [1.807, 2.05) is 40.6 Å². The van der Waals surface area contributed by atoms with Crippen LogP contribution in [0.25, 0.3) is 16.8 Å². The number of aliphatic hydroxyl groups excluding tert-OH is 1. The number of rotatable bonds is 4. The maximum absolute atomic E-state index is 10.3. The minimum absolute atomic E-state index is 0.237. The van der Waals surface area contributed by atoms with Gasteiger partial charge in [-0.25, -0.2) is 4.98 Å². The van der Waals surface area contributed by atoms with E-state index in [-0.39, 0.29) is 11.8 Å². The molecule has 1 aromatic heterocycles. The Morgan fingerprint density at radius 3 is 2.77 bits per heavy atom. The van der Waals surface area contributed by atoms with Gasteiger partial charge >= 0.3 is 0 Å². The minimum Gasteiger partial charge on any atom is -0.510 e. The molecule has 1 aromatic carbocycles. The van der Waals surface area contributed by atoms with Gasteiger partial charge in [-0.15, -0.1) is 11.3 Å². The molecule has 0 radical (unpaired) electrons. The van der Waals surface area contributed by atoms with E-state index in [1.165, 1.54) is 11.3 Å². The molecule has 1 atom stereocenters. The Hall–Kier alpha value is -2.14. The third-order valence-electron chi connectivity index (χ3n) is 4.04. The molecule has 0 aliphatic carbocycles. The van der Waals surface area contributed by atoms with E-state index in [2.05, 4.69) is 18.8 Å². The van der Waals surface area contributed by atoms with E-state index >= 15 is 0 Å². The highest BCUT2D eigenvalue weighted by Crippen LogP contribution is 2.33. The lowest BCUT2D eigenvalue weighted by atomic mass is 10.2. The highest BCUT2D eigenvalue weighted by molar-refractivity contribution is 7.11. The summed E-state index contributed by atoms with van der Waals surface area (Å²) in [6.45, 7) is 4.56. The van der Waals surface area contributed by atoms with Gasteiger partial charge in [-0.3, -0.25) is 5.41 Å². The molecule has 1 aliphatic heterocycles. The van der Waals surface area contributed by atoms with Gasteiger partial charge < -0.3 is 10.0 Å². The molecule has 0 amide bonds. The van der Waals surface area contributed by atoms with Crippen LogP contribution in [0.15, 0.2) is 41.5 Å². The van der Waals surface area contributed by atoms with Gasteiger partial charge in [0.1, 0.15) is 16.6 Å². The van der Waals surface area contributed by atoms with Gasteiger partial charge in [0, 0.05) is 17.0 Å². The molecule has 0 bridgehead atoms. The van der Waals surface area contributed by atoms with E-state index in [1.54, 1.807) is 0 Å². The number of aromatic nitrogens is 1. The number of amidine groups is 1. The predicted octanol–water partition coefficient (Wildman–Crippen LogP) is 4.17. The number of nitrogens with zero attached hydrogens (tertiary/aromatic N) is 2. The van der Waals surface area contributed by atoms with Crippen molar-refractivity contribution in [3.05, 3.63) is 46.5 Å². The SMILES string of the molecule is CCC(C)N1CC(O)=C(c2nc(-c3ccccc3)cs2)C1=N. The largest absolute Gasteiger partial charge is 0.510 e. The molecule has 0 fully saturated rings. The molecule has 2 aromatic rings. The monoisotopic (exact) mass is 313 g/mol. The number of thiazole rings is 1. The van der Waals surface area contributed by atoms with Crippen molar-refractivity contribution in [1.29, 1.82) is 5.41 Å². The highest BCUT2D eigenvalue weighted by atomic mass is 32.1. The van der Waals surface area contributed by atoms with Crippen molar-refractivity contribution in [2.75, 3.05) is 6.54 Å². The summed E-state index contributed by atoms with van der Waals surface area (Å²) in [6.07, 6.45) is 0.941. The molecular formula is C17H19N3OS. The fraction of sp³-hybridized carbons (Fsp3) is 0.294. The van der Waals surface area contributed by atoms with Crippen molar-refractivity contribution in [2.45, 2.75) is 26.3 Å². The Morgan fingerprint density at radius 1 is 1.36 bits per heavy atom. The molecule has 1 aliphatic rings. The van der Waals surface area contributed by atoms with Gasteiger partial charge in [-0.2, -0.15) is 0 Å². The third-order valence-corrected chi connectivity index (χ3v) is 4.90. The molecule has 0 spiro atoms. The second-order valence-corrected chi connectivity index (χ2v) is 6.32. The molecular weight excluding hydrogens is 294 g/mol. The van der Waals surface area contributed by atoms with Crippen molar-refractivity contribution in [3.8, 4) is 11.3 Å². The van der Waals surface area contributed by atoms with Crippen LogP contribution in [0.4, 0.5) is 0 Å². The Kier molecular flexibility index (Phi) is 3.98. The summed E-state index contributed by atoms with van der Waals surface area (Å²) in [6, 6.07) is 10.2. The number of hydrogen-bond donors (Lipinski definition) is 2. The zero-order valence-electron chi connectivity index (χ0n) is 12.7. The van der Waals surface area contributed by atoms with Crippen molar-refractivity contribution < 1.29 is 5.11 Å². The molecule has 2 N–H and O–H groups in total. The van der Waals surface area contributed by atoms with Crippen molar-refractivity contribution >= 4 is 22.7 Å². The maximum Gasteiger partial charge on any atom is 0.135 e. The van der Waals surface area contributed by atoms with Crippen molar-refractivity contribution in [3.63, 3.8) is 0 Å². The molecule has 3 rings (SSSR count). The molecule has 2 heterocycles. The van der Waals surface area contributed by atoms with E-state index in [0.29, 0.717) is 23.0 Å². The second kappa shape index (κ2) is 5.93. The van der Waals surface area contributed by atoms with Crippen LogP contribution in [0.1, 0.15) is 25.3 Å². The third kappa shape index (κ3) is 2.52. The molecule has 4 nitrogen and oxygen atoms in total. The standard InChI is InChI=1S/C17H19N3OS/c1-3-11(2)20-9-14(21)15(16(20)18)17-19-13(10-22-17)12-7-5-4-6-8-12/h4-8,10-11,18,21H,3,9H2,1-2H3. The summed E-state index contributed by atoms with van der Waals surface area (Å²) in [4.78, 5) is 6.54. The van der Waals surface area contributed by atoms with Gasteiger partial charge in [0.15, 0.2) is 0 Å². The van der Waals surface area contributed by atoms with Crippen LogP contribution in [0.2, 0.25) is 0 Å². The van der Waals surface area contributed by atoms with Crippen LogP contribution in [0.3, 0.4) is 0 Å². The number of hydrogen-bond acceptors (Lipinski definition) is 4. The summed E-state index contributed by atoms with van der Waals surface area (Å²) >= 11 is 1.47. The first kappa shape index (κ1) is 14.8. The first-order chi connectivity index (χ1) is 10.6. The lowest BCUT2D eigenvalue weighted by Gasteiger charge is -2.25. The first-order valence-electron chi connectivity index (χ1n) is 7.40. The van der Waals surface area contributed by atoms with Gasteiger partial charge in [0.05, 0.1) is 17.8 Å². The van der Waals surface area contributed by atoms with Crippen molar-refractivity contribution in [1.82, 2.24) is 9.88 Å². The minimum atomic E-state index is 0.237. The summed E-state index contributed by atoms with van der Waals surface area (Å²) in [7, 11) is 0. The molecule has 5 heteroatoms. The van der Waals surface area contributed by atoms with E-state index < -0.39 is 0 Å². The highest BCUT2D eigenvalue weighted by Gasteiger charge is 2.32. The molecule has 0 saturated heterocycles. The average Bonchev–Trinajstić information content (AvgIpc) is 3.12. The summed E-state index contributed by atoms with van der Waals surface area (Å²) in [5.74, 6) is 0.625. The van der Waals surface area contributed by atoms with Crippen LogP contribution >= 0.6 is 11.3 Å².